The summed E-state index contributed by atoms with van der Waals surface area (Å²) in [6, 6.07) is 15.8. The molecular formula is C22H29N3O3S. The van der Waals surface area contributed by atoms with Crippen molar-refractivity contribution in [1.29, 1.82) is 0 Å². The first-order valence-corrected chi connectivity index (χ1v) is 11.7. The molecule has 0 atom stereocenters. The highest BCUT2D eigenvalue weighted by molar-refractivity contribution is 7.92. The topological polar surface area (TPSA) is 60.9 Å². The highest BCUT2D eigenvalue weighted by atomic mass is 32.2. The molecule has 1 saturated heterocycles. The third-order valence-electron chi connectivity index (χ3n) is 5.50. The van der Waals surface area contributed by atoms with Crippen LogP contribution in [-0.2, 0) is 21.4 Å². The van der Waals surface area contributed by atoms with Gasteiger partial charge >= 0.3 is 0 Å². The number of aryl methyl sites for hydroxylation is 1. The lowest BCUT2D eigenvalue weighted by Gasteiger charge is -2.36. The van der Waals surface area contributed by atoms with Crippen LogP contribution in [0.5, 0.6) is 0 Å². The van der Waals surface area contributed by atoms with Gasteiger partial charge in [-0.1, -0.05) is 42.5 Å². The number of amides is 1. The molecule has 2 aromatic carbocycles. The van der Waals surface area contributed by atoms with Crippen LogP contribution in [0.15, 0.2) is 48.5 Å². The zero-order valence-electron chi connectivity index (χ0n) is 17.3. The van der Waals surface area contributed by atoms with Gasteiger partial charge in [-0.15, -0.1) is 0 Å². The lowest BCUT2D eigenvalue weighted by atomic mass is 10.1. The van der Waals surface area contributed by atoms with Crippen LogP contribution in [0.3, 0.4) is 0 Å². The summed E-state index contributed by atoms with van der Waals surface area (Å²) in [5.74, 6) is -0.157. The van der Waals surface area contributed by atoms with E-state index < -0.39 is 10.0 Å². The average Bonchev–Trinajstić information content (AvgIpc) is 2.69. The number of sulfonamides is 1. The second-order valence-electron chi connectivity index (χ2n) is 7.63. The third-order valence-corrected chi connectivity index (χ3v) is 6.62. The second-order valence-corrected chi connectivity index (χ2v) is 9.54. The van der Waals surface area contributed by atoms with Crippen LogP contribution in [0.2, 0.25) is 0 Å². The van der Waals surface area contributed by atoms with Crippen LogP contribution in [0.4, 0.5) is 5.69 Å². The highest BCUT2D eigenvalue weighted by Crippen LogP contribution is 2.25. The van der Waals surface area contributed by atoms with Crippen LogP contribution in [0.1, 0.15) is 16.7 Å². The van der Waals surface area contributed by atoms with Crippen molar-refractivity contribution >= 4 is 21.6 Å². The van der Waals surface area contributed by atoms with E-state index in [9.17, 15) is 13.2 Å². The summed E-state index contributed by atoms with van der Waals surface area (Å²) >= 11 is 0. The maximum Gasteiger partial charge on any atom is 0.243 e. The van der Waals surface area contributed by atoms with E-state index >= 15 is 0 Å². The Morgan fingerprint density at radius 1 is 0.966 bits per heavy atom. The van der Waals surface area contributed by atoms with Gasteiger partial charge < -0.3 is 4.90 Å². The van der Waals surface area contributed by atoms with Crippen molar-refractivity contribution in [1.82, 2.24) is 9.80 Å². The number of benzene rings is 2. The SMILES string of the molecule is Cc1cccc(N(CC(=O)N2CCN(Cc3ccccc3)CC2)S(C)(=O)=O)c1C. The molecular weight excluding hydrogens is 386 g/mol. The fourth-order valence-corrected chi connectivity index (χ4v) is 4.51. The molecule has 0 aromatic heterocycles. The second kappa shape index (κ2) is 8.97. The summed E-state index contributed by atoms with van der Waals surface area (Å²) in [6.07, 6.45) is 1.15. The minimum atomic E-state index is -3.57. The molecule has 156 valence electrons. The molecule has 6 nitrogen and oxygen atoms in total. The van der Waals surface area contributed by atoms with Crippen molar-refractivity contribution in [3.63, 3.8) is 0 Å². The number of nitrogens with zero attached hydrogens (tertiary/aromatic N) is 3. The molecule has 7 heteroatoms. The first-order chi connectivity index (χ1) is 13.8. The van der Waals surface area contributed by atoms with Crippen LogP contribution < -0.4 is 4.31 Å². The van der Waals surface area contributed by atoms with E-state index in [1.54, 1.807) is 11.0 Å². The van der Waals surface area contributed by atoms with Gasteiger partial charge in [0.2, 0.25) is 15.9 Å². The Morgan fingerprint density at radius 3 is 2.24 bits per heavy atom. The Morgan fingerprint density at radius 2 is 1.62 bits per heavy atom. The maximum absolute atomic E-state index is 12.9. The molecule has 0 N–H and O–H groups in total. The number of rotatable bonds is 6. The zero-order chi connectivity index (χ0) is 21.0. The van der Waals surface area contributed by atoms with Crippen LogP contribution in [0, 0.1) is 13.8 Å². The molecule has 2 aromatic rings. The normalized spacial score (nSPS) is 15.3. The summed E-state index contributed by atoms with van der Waals surface area (Å²) in [4.78, 5) is 17.0. The van der Waals surface area contributed by atoms with Crippen molar-refractivity contribution < 1.29 is 13.2 Å². The average molecular weight is 416 g/mol. The van der Waals surface area contributed by atoms with Crippen molar-refractivity contribution in [3.05, 3.63) is 65.2 Å². The molecule has 1 amide bonds. The van der Waals surface area contributed by atoms with Gasteiger partial charge in [-0.3, -0.25) is 14.0 Å². The molecule has 1 aliphatic heterocycles. The summed E-state index contributed by atoms with van der Waals surface area (Å²) in [5.41, 5.74) is 3.70. The van der Waals surface area contributed by atoms with Gasteiger partial charge in [-0.25, -0.2) is 8.42 Å². The van der Waals surface area contributed by atoms with Gasteiger partial charge in [0.1, 0.15) is 6.54 Å². The van der Waals surface area contributed by atoms with E-state index in [-0.39, 0.29) is 12.5 Å². The van der Waals surface area contributed by atoms with E-state index in [0.717, 1.165) is 37.0 Å². The molecule has 0 unspecified atom stereocenters. The van der Waals surface area contributed by atoms with E-state index in [0.29, 0.717) is 18.8 Å². The molecule has 0 bridgehead atoms. The van der Waals surface area contributed by atoms with E-state index in [4.69, 9.17) is 0 Å². The predicted molar refractivity (Wildman–Crippen MR) is 116 cm³/mol. The number of hydrogen-bond acceptors (Lipinski definition) is 4. The van der Waals surface area contributed by atoms with Crippen molar-refractivity contribution in [2.45, 2.75) is 20.4 Å². The largest absolute Gasteiger partial charge is 0.339 e. The first-order valence-electron chi connectivity index (χ1n) is 9.83. The minimum absolute atomic E-state index is 0.157. The molecule has 0 radical (unpaired) electrons. The maximum atomic E-state index is 12.9. The fourth-order valence-electron chi connectivity index (χ4n) is 3.61. The van der Waals surface area contributed by atoms with Crippen molar-refractivity contribution in [2.75, 3.05) is 43.3 Å². The van der Waals surface area contributed by atoms with Crippen molar-refractivity contribution in [2.24, 2.45) is 0 Å². The number of hydrogen-bond donors (Lipinski definition) is 0. The lowest BCUT2D eigenvalue weighted by Crippen LogP contribution is -2.51. The first kappa shape index (κ1) is 21.3. The van der Waals surface area contributed by atoms with Crippen molar-refractivity contribution in [3.8, 4) is 0 Å². The smallest absolute Gasteiger partial charge is 0.243 e. The molecule has 0 saturated carbocycles. The minimum Gasteiger partial charge on any atom is -0.339 e. The van der Waals surface area contributed by atoms with E-state index in [1.165, 1.54) is 9.87 Å². The number of anilines is 1. The summed E-state index contributed by atoms with van der Waals surface area (Å²) < 4.78 is 26.1. The fraction of sp³-hybridized carbons (Fsp3) is 0.409. The Bertz CT molecular complexity index is 953. The molecule has 1 fully saturated rings. The summed E-state index contributed by atoms with van der Waals surface area (Å²) in [7, 11) is -3.57. The van der Waals surface area contributed by atoms with Crippen LogP contribution in [-0.4, -0.2) is 63.1 Å². The van der Waals surface area contributed by atoms with Gasteiger partial charge in [0.05, 0.1) is 11.9 Å². The van der Waals surface area contributed by atoms with Gasteiger partial charge in [-0.05, 0) is 36.6 Å². The molecule has 0 spiro atoms. The summed E-state index contributed by atoms with van der Waals surface area (Å²) in [6.45, 7) is 7.30. The van der Waals surface area contributed by atoms with Crippen LogP contribution in [0.25, 0.3) is 0 Å². The monoisotopic (exact) mass is 415 g/mol. The number of carbonyl (C=O) groups excluding carboxylic acids is 1. The Labute approximate surface area is 173 Å². The van der Waals surface area contributed by atoms with Gasteiger partial charge in [0.15, 0.2) is 0 Å². The zero-order valence-corrected chi connectivity index (χ0v) is 18.2. The van der Waals surface area contributed by atoms with Gasteiger partial charge in [-0.2, -0.15) is 0 Å². The molecule has 3 rings (SSSR count). The van der Waals surface area contributed by atoms with Crippen LogP contribution >= 0.6 is 0 Å². The van der Waals surface area contributed by atoms with Gasteiger partial charge in [0, 0.05) is 32.7 Å². The van der Waals surface area contributed by atoms with Gasteiger partial charge in [0.25, 0.3) is 0 Å². The highest BCUT2D eigenvalue weighted by Gasteiger charge is 2.27. The lowest BCUT2D eigenvalue weighted by molar-refractivity contribution is -0.131. The third kappa shape index (κ3) is 5.36. The predicted octanol–water partition coefficient (Wildman–Crippen LogP) is 2.41. The van der Waals surface area contributed by atoms with E-state index in [2.05, 4.69) is 17.0 Å². The number of carbonyl (C=O) groups is 1. The van der Waals surface area contributed by atoms with E-state index in [1.807, 2.05) is 44.2 Å². The number of piperazine rings is 1. The molecule has 0 aliphatic carbocycles. The standard InChI is InChI=1S/C22H29N3O3S/c1-18-8-7-11-21(19(18)2)25(29(3,27)28)17-22(26)24-14-12-23(13-15-24)16-20-9-5-4-6-10-20/h4-11H,12-17H2,1-3H3. The summed E-state index contributed by atoms with van der Waals surface area (Å²) in [5, 5.41) is 0. The Balaban J connectivity index is 1.64. The molecule has 29 heavy (non-hydrogen) atoms. The quantitative estimate of drug-likeness (QED) is 0.727. The molecule has 1 heterocycles. The Kier molecular flexibility index (Phi) is 6.59. The Hall–Kier alpha value is -2.38. The molecule has 1 aliphatic rings.